The van der Waals surface area contributed by atoms with Gasteiger partial charge in [0, 0.05) is 25.2 Å². The van der Waals surface area contributed by atoms with Crippen LogP contribution in [-0.4, -0.2) is 42.4 Å². The summed E-state index contributed by atoms with van der Waals surface area (Å²) in [5, 5.41) is 9.24. The number of hydrogen-bond acceptors (Lipinski definition) is 4. The molecule has 106 valence electrons. The van der Waals surface area contributed by atoms with Crippen LogP contribution >= 0.6 is 0 Å². The van der Waals surface area contributed by atoms with Gasteiger partial charge in [-0.2, -0.15) is 0 Å². The van der Waals surface area contributed by atoms with Crippen LogP contribution in [0.5, 0.6) is 5.75 Å². The molecule has 1 fully saturated rings. The third-order valence-corrected chi connectivity index (χ3v) is 3.43. The Morgan fingerprint density at radius 1 is 1.42 bits per heavy atom. The summed E-state index contributed by atoms with van der Waals surface area (Å²) in [5.41, 5.74) is 1.94. The highest BCUT2D eigenvalue weighted by molar-refractivity contribution is 5.37. The highest BCUT2D eigenvalue weighted by Crippen LogP contribution is 2.24. The van der Waals surface area contributed by atoms with E-state index in [2.05, 4.69) is 18.7 Å². The topological polar surface area (TPSA) is 41.9 Å². The Labute approximate surface area is 114 Å². The average molecular weight is 265 g/mol. The lowest BCUT2D eigenvalue weighted by atomic mass is 10.1. The molecule has 0 atom stereocenters. The van der Waals surface area contributed by atoms with Gasteiger partial charge < -0.3 is 14.6 Å². The van der Waals surface area contributed by atoms with Crippen molar-refractivity contribution in [2.75, 3.05) is 26.8 Å². The number of rotatable bonds is 4. The molecule has 1 aliphatic heterocycles. The molecular weight excluding hydrogens is 242 g/mol. The molecule has 0 amide bonds. The maximum Gasteiger partial charge on any atom is 0.123 e. The van der Waals surface area contributed by atoms with Gasteiger partial charge in [0.25, 0.3) is 0 Å². The van der Waals surface area contributed by atoms with Crippen LogP contribution in [0.2, 0.25) is 0 Å². The molecule has 1 heterocycles. The van der Waals surface area contributed by atoms with Crippen molar-refractivity contribution in [1.29, 1.82) is 0 Å². The van der Waals surface area contributed by atoms with Gasteiger partial charge in [0.05, 0.1) is 25.9 Å². The van der Waals surface area contributed by atoms with E-state index < -0.39 is 0 Å². The van der Waals surface area contributed by atoms with Crippen molar-refractivity contribution in [3.8, 4) is 5.75 Å². The summed E-state index contributed by atoms with van der Waals surface area (Å²) in [5.74, 6) is 0.876. The minimum absolute atomic E-state index is 0.0611. The Morgan fingerprint density at radius 2 is 2.21 bits per heavy atom. The highest BCUT2D eigenvalue weighted by atomic mass is 16.5. The first-order valence-corrected chi connectivity index (χ1v) is 6.67. The summed E-state index contributed by atoms with van der Waals surface area (Å²) in [6.07, 6.45) is 0. The summed E-state index contributed by atoms with van der Waals surface area (Å²) < 4.78 is 11.1. The van der Waals surface area contributed by atoms with Crippen molar-refractivity contribution in [2.45, 2.75) is 32.6 Å². The number of benzene rings is 1. The summed E-state index contributed by atoms with van der Waals surface area (Å²) >= 11 is 0. The first-order valence-electron chi connectivity index (χ1n) is 6.67. The van der Waals surface area contributed by atoms with Crippen molar-refractivity contribution < 1.29 is 14.6 Å². The van der Waals surface area contributed by atoms with Crippen LogP contribution in [0.15, 0.2) is 18.2 Å². The van der Waals surface area contributed by atoms with Gasteiger partial charge in [-0.15, -0.1) is 0 Å². The zero-order valence-electron chi connectivity index (χ0n) is 12.0. The lowest BCUT2D eigenvalue weighted by Gasteiger charge is -2.38. The predicted octanol–water partition coefficient (Wildman–Crippen LogP) is 1.80. The number of methoxy groups -OCH3 is 1. The standard InChI is InChI=1S/C15H23NO3/c1-15(2)11-16(6-7-19-15)9-13-8-12(10-17)4-5-14(13)18-3/h4-5,8,17H,6-7,9-11H2,1-3H3. The normalized spacial score (nSPS) is 19.4. The Balaban J connectivity index is 2.13. The van der Waals surface area contributed by atoms with E-state index in [1.807, 2.05) is 18.2 Å². The number of morpholine rings is 1. The van der Waals surface area contributed by atoms with Crippen molar-refractivity contribution in [1.82, 2.24) is 4.90 Å². The van der Waals surface area contributed by atoms with Crippen LogP contribution < -0.4 is 4.74 Å². The minimum atomic E-state index is -0.0971. The van der Waals surface area contributed by atoms with Crippen LogP contribution in [0.4, 0.5) is 0 Å². The number of aliphatic hydroxyl groups excluding tert-OH is 1. The molecule has 19 heavy (non-hydrogen) atoms. The average Bonchev–Trinajstić information content (AvgIpc) is 2.37. The molecule has 1 aromatic carbocycles. The first-order chi connectivity index (χ1) is 9.04. The molecule has 0 saturated carbocycles. The van der Waals surface area contributed by atoms with Gasteiger partial charge in [-0.1, -0.05) is 6.07 Å². The number of aliphatic hydroxyl groups is 1. The Kier molecular flexibility index (Phi) is 4.45. The van der Waals surface area contributed by atoms with Crippen LogP contribution in [0.25, 0.3) is 0 Å². The number of ether oxygens (including phenoxy) is 2. The molecule has 4 nitrogen and oxygen atoms in total. The lowest BCUT2D eigenvalue weighted by Crippen LogP contribution is -2.47. The Hall–Kier alpha value is -1.10. The summed E-state index contributed by atoms with van der Waals surface area (Å²) in [6, 6.07) is 5.83. The van der Waals surface area contributed by atoms with Crippen molar-refractivity contribution in [3.63, 3.8) is 0 Å². The second-order valence-electron chi connectivity index (χ2n) is 5.62. The van der Waals surface area contributed by atoms with E-state index in [0.29, 0.717) is 0 Å². The molecule has 1 aromatic rings. The summed E-state index contributed by atoms with van der Waals surface area (Å²) in [4.78, 5) is 2.36. The fraction of sp³-hybridized carbons (Fsp3) is 0.600. The predicted molar refractivity (Wildman–Crippen MR) is 74.2 cm³/mol. The van der Waals surface area contributed by atoms with Crippen LogP contribution in [0.3, 0.4) is 0 Å². The van der Waals surface area contributed by atoms with Crippen LogP contribution in [0.1, 0.15) is 25.0 Å². The molecule has 0 aliphatic carbocycles. The third-order valence-electron chi connectivity index (χ3n) is 3.43. The lowest BCUT2D eigenvalue weighted by molar-refractivity contribution is -0.0883. The molecule has 2 rings (SSSR count). The Bertz CT molecular complexity index is 431. The van der Waals surface area contributed by atoms with Gasteiger partial charge >= 0.3 is 0 Å². The number of nitrogens with zero attached hydrogens (tertiary/aromatic N) is 1. The van der Waals surface area contributed by atoms with Gasteiger partial charge in [0.1, 0.15) is 5.75 Å². The second kappa shape index (κ2) is 5.90. The molecule has 0 aromatic heterocycles. The largest absolute Gasteiger partial charge is 0.496 e. The molecule has 1 saturated heterocycles. The minimum Gasteiger partial charge on any atom is -0.496 e. The molecule has 0 bridgehead atoms. The van der Waals surface area contributed by atoms with Crippen molar-refractivity contribution in [3.05, 3.63) is 29.3 Å². The molecule has 0 radical (unpaired) electrons. The first kappa shape index (κ1) is 14.3. The van der Waals surface area contributed by atoms with E-state index in [9.17, 15) is 5.11 Å². The van der Waals surface area contributed by atoms with Crippen LogP contribution in [0, 0.1) is 0 Å². The van der Waals surface area contributed by atoms with Crippen molar-refractivity contribution in [2.24, 2.45) is 0 Å². The maximum absolute atomic E-state index is 9.24. The number of hydrogen-bond donors (Lipinski definition) is 1. The van der Waals surface area contributed by atoms with Crippen molar-refractivity contribution >= 4 is 0 Å². The molecule has 0 unspecified atom stereocenters. The zero-order valence-corrected chi connectivity index (χ0v) is 12.0. The quantitative estimate of drug-likeness (QED) is 0.901. The van der Waals surface area contributed by atoms with Gasteiger partial charge in [-0.3, -0.25) is 4.90 Å². The van der Waals surface area contributed by atoms with E-state index in [-0.39, 0.29) is 12.2 Å². The van der Waals surface area contributed by atoms with E-state index in [1.54, 1.807) is 7.11 Å². The molecule has 1 N–H and O–H groups in total. The van der Waals surface area contributed by atoms with Crippen LogP contribution in [-0.2, 0) is 17.9 Å². The van der Waals surface area contributed by atoms with Gasteiger partial charge in [-0.25, -0.2) is 0 Å². The second-order valence-corrected chi connectivity index (χ2v) is 5.62. The maximum atomic E-state index is 9.24. The van der Waals surface area contributed by atoms with Gasteiger partial charge in [-0.05, 0) is 31.5 Å². The summed E-state index contributed by atoms with van der Waals surface area (Å²) in [7, 11) is 1.68. The fourth-order valence-corrected chi connectivity index (χ4v) is 2.54. The molecule has 1 aliphatic rings. The highest BCUT2D eigenvalue weighted by Gasteiger charge is 2.27. The molecule has 4 heteroatoms. The zero-order chi connectivity index (χ0) is 13.9. The molecule has 0 spiro atoms. The fourth-order valence-electron chi connectivity index (χ4n) is 2.54. The van der Waals surface area contributed by atoms with E-state index in [1.165, 1.54) is 0 Å². The van der Waals surface area contributed by atoms with Gasteiger partial charge in [0.2, 0.25) is 0 Å². The van der Waals surface area contributed by atoms with E-state index >= 15 is 0 Å². The SMILES string of the molecule is COc1ccc(CO)cc1CN1CCOC(C)(C)C1. The van der Waals surface area contributed by atoms with E-state index in [0.717, 1.165) is 43.1 Å². The monoisotopic (exact) mass is 265 g/mol. The van der Waals surface area contributed by atoms with Gasteiger partial charge in [0.15, 0.2) is 0 Å². The Morgan fingerprint density at radius 3 is 2.84 bits per heavy atom. The van der Waals surface area contributed by atoms with E-state index in [4.69, 9.17) is 9.47 Å². The smallest absolute Gasteiger partial charge is 0.123 e. The summed E-state index contributed by atoms with van der Waals surface area (Å²) in [6.45, 7) is 7.70. The molecular formula is C15H23NO3. The third kappa shape index (κ3) is 3.69.